The Morgan fingerprint density at radius 1 is 1.15 bits per heavy atom. The van der Waals surface area contributed by atoms with Crippen LogP contribution in [-0.4, -0.2) is 16.1 Å². The average Bonchev–Trinajstić information content (AvgIpc) is 2.60. The van der Waals surface area contributed by atoms with Crippen molar-refractivity contribution in [3.8, 4) is 11.3 Å². The number of nitrogens with zero attached hydrogens (tertiary/aromatic N) is 1. The Morgan fingerprint density at radius 2 is 1.90 bits per heavy atom. The predicted octanol–water partition coefficient (Wildman–Crippen LogP) is 1.98. The second-order valence-electron chi connectivity index (χ2n) is 5.60. The summed E-state index contributed by atoms with van der Waals surface area (Å²) in [6.07, 6.45) is 0. The molecule has 0 unspecified atom stereocenters. The van der Waals surface area contributed by atoms with Crippen molar-refractivity contribution in [3.63, 3.8) is 0 Å². The molecule has 5 nitrogen and oxygen atoms in total. The zero-order valence-electron chi connectivity index (χ0n) is 11.6. The molecular formula is C15H15N3O2. The minimum Gasteiger partial charge on any atom is -0.325 e. The number of hydrogen-bond donors (Lipinski definition) is 2. The molecule has 1 aromatic heterocycles. The average molecular weight is 269 g/mol. The highest BCUT2D eigenvalue weighted by Gasteiger charge is 2.38. The minimum absolute atomic E-state index is 0.00389. The van der Waals surface area contributed by atoms with Gasteiger partial charge in [0.25, 0.3) is 5.56 Å². The number of rotatable bonds is 1. The Kier molecular flexibility index (Phi) is 2.54. The second-order valence-corrected chi connectivity index (χ2v) is 5.60. The smallest absolute Gasteiger partial charge is 0.264 e. The van der Waals surface area contributed by atoms with E-state index in [-0.39, 0.29) is 11.5 Å². The van der Waals surface area contributed by atoms with E-state index in [4.69, 9.17) is 0 Å². The third-order valence-electron chi connectivity index (χ3n) is 3.78. The number of nitrogens with one attached hydrogen (secondary N) is 2. The first-order valence-corrected chi connectivity index (χ1v) is 6.42. The number of amides is 1. The molecule has 0 bridgehead atoms. The van der Waals surface area contributed by atoms with E-state index in [0.717, 1.165) is 28.1 Å². The molecule has 1 aliphatic rings. The summed E-state index contributed by atoms with van der Waals surface area (Å²) in [4.78, 5) is 23.2. The van der Waals surface area contributed by atoms with Crippen molar-refractivity contribution in [2.75, 3.05) is 5.32 Å². The summed E-state index contributed by atoms with van der Waals surface area (Å²) < 4.78 is 0. The van der Waals surface area contributed by atoms with Crippen molar-refractivity contribution in [2.45, 2.75) is 26.2 Å². The highest BCUT2D eigenvalue weighted by Crippen LogP contribution is 2.39. The lowest BCUT2D eigenvalue weighted by molar-refractivity contribution is -0.119. The number of aryl methyl sites for hydroxylation is 1. The highest BCUT2D eigenvalue weighted by molar-refractivity contribution is 6.06. The molecule has 20 heavy (non-hydrogen) atoms. The van der Waals surface area contributed by atoms with E-state index in [1.165, 1.54) is 6.07 Å². The van der Waals surface area contributed by atoms with Crippen molar-refractivity contribution in [1.82, 2.24) is 10.2 Å². The van der Waals surface area contributed by atoms with Crippen molar-refractivity contribution < 1.29 is 4.79 Å². The SMILES string of the molecule is Cc1cc(=O)[nH]nc1-c1ccc2c(c1)C(C)(C)C(=O)N2. The molecule has 0 aliphatic carbocycles. The molecule has 5 heteroatoms. The van der Waals surface area contributed by atoms with Crippen LogP contribution in [-0.2, 0) is 10.2 Å². The van der Waals surface area contributed by atoms with Gasteiger partial charge in [-0.2, -0.15) is 5.10 Å². The monoisotopic (exact) mass is 269 g/mol. The fraction of sp³-hybridized carbons (Fsp3) is 0.267. The van der Waals surface area contributed by atoms with Crippen LogP contribution in [0.5, 0.6) is 0 Å². The number of anilines is 1. The van der Waals surface area contributed by atoms with Gasteiger partial charge in [0.1, 0.15) is 0 Å². The molecule has 0 saturated carbocycles. The zero-order chi connectivity index (χ0) is 14.5. The number of carbonyl (C=O) groups excluding carboxylic acids is 1. The van der Waals surface area contributed by atoms with Crippen LogP contribution in [0.2, 0.25) is 0 Å². The lowest BCUT2D eigenvalue weighted by Gasteiger charge is -2.16. The molecule has 1 amide bonds. The standard InChI is InChI=1S/C15H15N3O2/c1-8-6-12(19)17-18-13(8)9-4-5-11-10(7-9)15(2,3)14(20)16-11/h4-7H,1-3H3,(H,16,20)(H,17,19). The summed E-state index contributed by atoms with van der Waals surface area (Å²) in [7, 11) is 0. The maximum Gasteiger partial charge on any atom is 0.264 e. The molecule has 2 aromatic rings. The number of fused-ring (bicyclic) bond motifs is 1. The summed E-state index contributed by atoms with van der Waals surface area (Å²) in [6, 6.07) is 7.25. The molecule has 102 valence electrons. The molecule has 0 spiro atoms. The molecule has 3 rings (SSSR count). The summed E-state index contributed by atoms with van der Waals surface area (Å²) in [5.41, 5.74) is 3.44. The number of H-pyrrole nitrogens is 1. The van der Waals surface area contributed by atoms with E-state index in [1.54, 1.807) is 0 Å². The van der Waals surface area contributed by atoms with Crippen LogP contribution < -0.4 is 10.9 Å². The van der Waals surface area contributed by atoms with Gasteiger partial charge in [-0.1, -0.05) is 6.07 Å². The molecule has 1 aliphatic heterocycles. The molecule has 2 N–H and O–H groups in total. The number of aromatic amines is 1. The van der Waals surface area contributed by atoms with Gasteiger partial charge in [-0.15, -0.1) is 0 Å². The Balaban J connectivity index is 2.17. The van der Waals surface area contributed by atoms with Gasteiger partial charge in [-0.05, 0) is 44.0 Å². The first kappa shape index (κ1) is 12.6. The van der Waals surface area contributed by atoms with Gasteiger partial charge in [0.2, 0.25) is 5.91 Å². The number of hydrogen-bond acceptors (Lipinski definition) is 3. The third kappa shape index (κ3) is 1.74. The summed E-state index contributed by atoms with van der Waals surface area (Å²) in [6.45, 7) is 5.63. The van der Waals surface area contributed by atoms with E-state index >= 15 is 0 Å². The molecule has 0 radical (unpaired) electrons. The van der Waals surface area contributed by atoms with Crippen molar-refractivity contribution in [1.29, 1.82) is 0 Å². The Hall–Kier alpha value is -2.43. The van der Waals surface area contributed by atoms with E-state index in [9.17, 15) is 9.59 Å². The van der Waals surface area contributed by atoms with E-state index in [2.05, 4.69) is 15.5 Å². The van der Waals surface area contributed by atoms with Crippen LogP contribution in [0.3, 0.4) is 0 Å². The molecular weight excluding hydrogens is 254 g/mol. The number of carbonyl (C=O) groups is 1. The maximum absolute atomic E-state index is 11.9. The van der Waals surface area contributed by atoms with Crippen LogP contribution in [0.4, 0.5) is 5.69 Å². The van der Waals surface area contributed by atoms with Crippen molar-refractivity contribution in [3.05, 3.63) is 45.7 Å². The Morgan fingerprint density at radius 3 is 2.60 bits per heavy atom. The van der Waals surface area contributed by atoms with Gasteiger partial charge in [-0.25, -0.2) is 5.10 Å². The van der Waals surface area contributed by atoms with Crippen LogP contribution in [0.25, 0.3) is 11.3 Å². The maximum atomic E-state index is 11.9. The first-order chi connectivity index (χ1) is 9.39. The van der Waals surface area contributed by atoms with Gasteiger partial charge in [0, 0.05) is 17.3 Å². The van der Waals surface area contributed by atoms with E-state index in [1.807, 2.05) is 39.0 Å². The summed E-state index contributed by atoms with van der Waals surface area (Å²) in [5, 5.41) is 9.42. The van der Waals surface area contributed by atoms with Crippen LogP contribution in [0.1, 0.15) is 25.0 Å². The van der Waals surface area contributed by atoms with Gasteiger partial charge in [-0.3, -0.25) is 9.59 Å². The highest BCUT2D eigenvalue weighted by atomic mass is 16.2. The molecule has 0 fully saturated rings. The fourth-order valence-corrected chi connectivity index (χ4v) is 2.51. The third-order valence-corrected chi connectivity index (χ3v) is 3.78. The second kappa shape index (κ2) is 4.03. The van der Waals surface area contributed by atoms with E-state index in [0.29, 0.717) is 0 Å². The lowest BCUT2D eigenvalue weighted by atomic mass is 9.85. The normalized spacial score (nSPS) is 15.8. The predicted molar refractivity (Wildman–Crippen MR) is 76.7 cm³/mol. The molecule has 2 heterocycles. The zero-order valence-corrected chi connectivity index (χ0v) is 11.6. The van der Waals surface area contributed by atoms with Gasteiger partial charge in [0.15, 0.2) is 0 Å². The topological polar surface area (TPSA) is 74.8 Å². The lowest BCUT2D eigenvalue weighted by Crippen LogP contribution is -2.26. The largest absolute Gasteiger partial charge is 0.325 e. The molecule has 0 saturated heterocycles. The van der Waals surface area contributed by atoms with Crippen molar-refractivity contribution in [2.24, 2.45) is 0 Å². The van der Waals surface area contributed by atoms with Crippen molar-refractivity contribution >= 4 is 11.6 Å². The minimum atomic E-state index is -0.554. The first-order valence-electron chi connectivity index (χ1n) is 6.42. The number of benzene rings is 1. The van der Waals surface area contributed by atoms with Crippen LogP contribution >= 0.6 is 0 Å². The Bertz CT molecular complexity index is 775. The molecule has 0 atom stereocenters. The fourth-order valence-electron chi connectivity index (χ4n) is 2.51. The Labute approximate surface area is 116 Å². The van der Waals surface area contributed by atoms with Gasteiger partial charge in [0.05, 0.1) is 11.1 Å². The van der Waals surface area contributed by atoms with E-state index < -0.39 is 5.41 Å². The van der Waals surface area contributed by atoms with Crippen LogP contribution in [0.15, 0.2) is 29.1 Å². The van der Waals surface area contributed by atoms with Gasteiger partial charge < -0.3 is 5.32 Å². The quantitative estimate of drug-likeness (QED) is 0.831. The summed E-state index contributed by atoms with van der Waals surface area (Å²) in [5.74, 6) is -0.00389. The van der Waals surface area contributed by atoms with Gasteiger partial charge >= 0.3 is 0 Å². The van der Waals surface area contributed by atoms with Crippen LogP contribution in [0, 0.1) is 6.92 Å². The number of aromatic nitrogens is 2. The summed E-state index contributed by atoms with van der Waals surface area (Å²) >= 11 is 0. The molecule has 1 aromatic carbocycles.